The van der Waals surface area contributed by atoms with Crippen LogP contribution < -0.4 is 5.32 Å². The highest BCUT2D eigenvalue weighted by atomic mass is 32.2. The zero-order chi connectivity index (χ0) is 17.8. The topological polar surface area (TPSA) is 80.9 Å². The molecule has 1 amide bonds. The molecule has 130 valence electrons. The Kier molecular flexibility index (Phi) is 5.50. The maximum atomic E-state index is 12.3. The molecule has 0 bridgehead atoms. The van der Waals surface area contributed by atoms with Gasteiger partial charge in [0.25, 0.3) is 5.91 Å². The average Bonchev–Trinajstić information content (AvgIpc) is 3.25. The first-order valence-corrected chi connectivity index (χ1v) is 9.69. The average molecular weight is 374 g/mol. The molecular weight excluding hydrogens is 356 g/mol. The minimum Gasteiger partial charge on any atom is -0.355 e. The molecule has 2 heterocycles. The summed E-state index contributed by atoms with van der Waals surface area (Å²) in [6.45, 7) is 6.19. The zero-order valence-corrected chi connectivity index (χ0v) is 15.8. The fourth-order valence-corrected chi connectivity index (χ4v) is 3.75. The summed E-state index contributed by atoms with van der Waals surface area (Å²) in [5.41, 5.74) is 3.47. The second-order valence-electron chi connectivity index (χ2n) is 5.55. The van der Waals surface area contributed by atoms with Crippen LogP contribution in [0.1, 0.15) is 35.0 Å². The Morgan fingerprint density at radius 3 is 2.84 bits per heavy atom. The molecule has 1 aromatic carbocycles. The lowest BCUT2D eigenvalue weighted by Gasteiger charge is -2.01. The number of carbonyl (C=O) groups is 1. The molecule has 2 aromatic heterocycles. The van der Waals surface area contributed by atoms with E-state index in [1.807, 2.05) is 32.0 Å². The lowest BCUT2D eigenvalue weighted by molar-refractivity contribution is 0.101. The summed E-state index contributed by atoms with van der Waals surface area (Å²) in [5, 5.41) is 15.1. The first-order chi connectivity index (χ1) is 12.1. The van der Waals surface area contributed by atoms with Crippen LogP contribution in [-0.2, 0) is 0 Å². The first kappa shape index (κ1) is 17.6. The van der Waals surface area contributed by atoms with Crippen molar-refractivity contribution in [1.82, 2.24) is 15.4 Å². The normalized spacial score (nSPS) is 10.8. The summed E-state index contributed by atoms with van der Waals surface area (Å²) in [6.07, 6.45) is 1.06. The van der Waals surface area contributed by atoms with Crippen molar-refractivity contribution in [2.45, 2.75) is 31.5 Å². The molecule has 0 radical (unpaired) electrons. The standard InChI is InChI=1S/C17H18N4O2S2/c1-4-7-24-17-20-19-16(25-17)18-15(22)13-9-14(23-21-13)12-6-5-10(2)11(3)8-12/h5-6,8-9H,4,7H2,1-3H3,(H,18,19,22). The molecule has 8 heteroatoms. The number of benzene rings is 1. The molecule has 0 spiro atoms. The highest BCUT2D eigenvalue weighted by molar-refractivity contribution is 8.01. The molecule has 0 atom stereocenters. The molecule has 6 nitrogen and oxygen atoms in total. The van der Waals surface area contributed by atoms with Crippen molar-refractivity contribution in [3.8, 4) is 11.3 Å². The zero-order valence-electron chi connectivity index (χ0n) is 14.2. The highest BCUT2D eigenvalue weighted by Gasteiger charge is 2.16. The van der Waals surface area contributed by atoms with Crippen LogP contribution in [0, 0.1) is 13.8 Å². The molecule has 3 aromatic rings. The van der Waals surface area contributed by atoms with E-state index >= 15 is 0 Å². The Balaban J connectivity index is 1.70. The van der Waals surface area contributed by atoms with E-state index in [0.717, 1.165) is 27.6 Å². The third kappa shape index (κ3) is 4.26. The Hall–Kier alpha value is -2.19. The number of aromatic nitrogens is 3. The van der Waals surface area contributed by atoms with E-state index in [0.29, 0.717) is 10.9 Å². The molecule has 0 aliphatic rings. The second kappa shape index (κ2) is 7.79. The van der Waals surface area contributed by atoms with Gasteiger partial charge in [0.15, 0.2) is 15.8 Å². The Labute approximate surface area is 154 Å². The minimum atomic E-state index is -0.359. The molecule has 0 fully saturated rings. The van der Waals surface area contributed by atoms with Crippen LogP contribution in [-0.4, -0.2) is 27.0 Å². The molecule has 0 saturated heterocycles. The van der Waals surface area contributed by atoms with Crippen LogP contribution in [0.3, 0.4) is 0 Å². The van der Waals surface area contributed by atoms with Crippen LogP contribution in [0.25, 0.3) is 11.3 Å². The van der Waals surface area contributed by atoms with Gasteiger partial charge in [-0.1, -0.05) is 47.3 Å². The Morgan fingerprint density at radius 1 is 1.24 bits per heavy atom. The number of aryl methyl sites for hydroxylation is 2. The second-order valence-corrected chi connectivity index (χ2v) is 7.87. The molecule has 0 aliphatic carbocycles. The van der Waals surface area contributed by atoms with Gasteiger partial charge in [-0.25, -0.2) is 0 Å². The smallest absolute Gasteiger partial charge is 0.279 e. The number of amides is 1. The van der Waals surface area contributed by atoms with Gasteiger partial charge in [0.05, 0.1) is 0 Å². The van der Waals surface area contributed by atoms with Gasteiger partial charge in [-0.2, -0.15) is 0 Å². The third-order valence-electron chi connectivity index (χ3n) is 3.59. The fraction of sp³-hybridized carbons (Fsp3) is 0.294. The number of hydrogen-bond donors (Lipinski definition) is 1. The molecule has 0 unspecified atom stereocenters. The first-order valence-electron chi connectivity index (χ1n) is 7.89. The van der Waals surface area contributed by atoms with Gasteiger partial charge < -0.3 is 4.52 Å². The van der Waals surface area contributed by atoms with Crippen LogP contribution in [0.4, 0.5) is 5.13 Å². The number of nitrogens with one attached hydrogen (secondary N) is 1. The predicted molar refractivity (Wildman–Crippen MR) is 100 cm³/mol. The molecular formula is C17H18N4O2S2. The van der Waals surface area contributed by atoms with E-state index in [2.05, 4.69) is 27.6 Å². The third-order valence-corrected chi connectivity index (χ3v) is 5.77. The number of thioether (sulfide) groups is 1. The number of nitrogens with zero attached hydrogens (tertiary/aromatic N) is 3. The fourth-order valence-electron chi connectivity index (χ4n) is 2.08. The summed E-state index contributed by atoms with van der Waals surface area (Å²) in [5.74, 6) is 1.18. The maximum Gasteiger partial charge on any atom is 0.279 e. The lowest BCUT2D eigenvalue weighted by Crippen LogP contribution is -2.11. The van der Waals surface area contributed by atoms with E-state index in [-0.39, 0.29) is 11.6 Å². The van der Waals surface area contributed by atoms with Gasteiger partial charge in [0, 0.05) is 17.4 Å². The van der Waals surface area contributed by atoms with Gasteiger partial charge in [-0.15, -0.1) is 10.2 Å². The summed E-state index contributed by atoms with van der Waals surface area (Å²) in [7, 11) is 0. The van der Waals surface area contributed by atoms with Crippen molar-refractivity contribution in [3.05, 3.63) is 41.1 Å². The van der Waals surface area contributed by atoms with Crippen molar-refractivity contribution < 1.29 is 9.32 Å². The SMILES string of the molecule is CCCSc1nnc(NC(=O)c2cc(-c3ccc(C)c(C)c3)on2)s1. The van der Waals surface area contributed by atoms with Crippen LogP contribution in [0.2, 0.25) is 0 Å². The molecule has 0 aliphatic heterocycles. The quantitative estimate of drug-likeness (QED) is 0.503. The van der Waals surface area contributed by atoms with Crippen molar-refractivity contribution in [2.24, 2.45) is 0 Å². The molecule has 25 heavy (non-hydrogen) atoms. The van der Waals surface area contributed by atoms with Crippen molar-refractivity contribution in [1.29, 1.82) is 0 Å². The van der Waals surface area contributed by atoms with E-state index < -0.39 is 0 Å². The monoisotopic (exact) mass is 374 g/mol. The Morgan fingerprint density at radius 2 is 2.08 bits per heavy atom. The molecule has 3 rings (SSSR count). The van der Waals surface area contributed by atoms with E-state index in [1.54, 1.807) is 17.8 Å². The van der Waals surface area contributed by atoms with Gasteiger partial charge in [0.2, 0.25) is 5.13 Å². The summed E-state index contributed by atoms with van der Waals surface area (Å²) >= 11 is 2.98. The van der Waals surface area contributed by atoms with Crippen LogP contribution in [0.15, 0.2) is 33.1 Å². The summed E-state index contributed by atoms with van der Waals surface area (Å²) < 4.78 is 6.16. The number of hydrogen-bond acceptors (Lipinski definition) is 7. The Bertz CT molecular complexity index is 888. The predicted octanol–water partition coefficient (Wildman–Crippen LogP) is 4.56. The number of anilines is 1. The van der Waals surface area contributed by atoms with Crippen molar-refractivity contribution in [3.63, 3.8) is 0 Å². The number of rotatable bonds is 6. The van der Waals surface area contributed by atoms with Crippen molar-refractivity contribution in [2.75, 3.05) is 11.1 Å². The van der Waals surface area contributed by atoms with Gasteiger partial charge in [-0.05, 0) is 37.5 Å². The van der Waals surface area contributed by atoms with Crippen molar-refractivity contribution >= 4 is 34.1 Å². The maximum absolute atomic E-state index is 12.3. The van der Waals surface area contributed by atoms with Gasteiger partial charge >= 0.3 is 0 Å². The largest absolute Gasteiger partial charge is 0.355 e. The van der Waals surface area contributed by atoms with E-state index in [1.165, 1.54) is 16.9 Å². The van der Waals surface area contributed by atoms with Gasteiger partial charge in [-0.3, -0.25) is 10.1 Å². The molecule has 1 N–H and O–H groups in total. The lowest BCUT2D eigenvalue weighted by atomic mass is 10.0. The summed E-state index contributed by atoms with van der Waals surface area (Å²) in [6, 6.07) is 7.61. The van der Waals surface area contributed by atoms with Crippen LogP contribution in [0.5, 0.6) is 0 Å². The minimum absolute atomic E-state index is 0.214. The highest BCUT2D eigenvalue weighted by Crippen LogP contribution is 2.27. The molecule has 0 saturated carbocycles. The van der Waals surface area contributed by atoms with E-state index in [4.69, 9.17) is 4.52 Å². The van der Waals surface area contributed by atoms with Gasteiger partial charge in [0.1, 0.15) is 0 Å². The van der Waals surface area contributed by atoms with E-state index in [9.17, 15) is 4.79 Å². The summed E-state index contributed by atoms with van der Waals surface area (Å²) in [4.78, 5) is 12.3. The number of carbonyl (C=O) groups excluding carboxylic acids is 1. The van der Waals surface area contributed by atoms with Crippen LogP contribution >= 0.6 is 23.1 Å².